The fourth-order valence-electron chi connectivity index (χ4n) is 3.55. The van der Waals surface area contributed by atoms with Gasteiger partial charge >= 0.3 is 0 Å². The summed E-state index contributed by atoms with van der Waals surface area (Å²) in [5.41, 5.74) is 3.72. The summed E-state index contributed by atoms with van der Waals surface area (Å²) in [6.45, 7) is 2.63. The van der Waals surface area contributed by atoms with Gasteiger partial charge in [0.1, 0.15) is 11.5 Å². The van der Waals surface area contributed by atoms with E-state index in [1.807, 2.05) is 42.5 Å². The van der Waals surface area contributed by atoms with Crippen LogP contribution in [0.5, 0.6) is 11.5 Å². The Bertz CT molecular complexity index is 951. The Morgan fingerprint density at radius 2 is 1.46 bits per heavy atom. The van der Waals surface area contributed by atoms with Gasteiger partial charge in [-0.1, -0.05) is 42.5 Å². The summed E-state index contributed by atoms with van der Waals surface area (Å²) >= 11 is 0. The van der Waals surface area contributed by atoms with E-state index >= 15 is 0 Å². The highest BCUT2D eigenvalue weighted by molar-refractivity contribution is 6.16. The third-order valence-electron chi connectivity index (χ3n) is 4.77. The molecular formula is C22H19N3O. The van der Waals surface area contributed by atoms with Crippen LogP contribution in [0.15, 0.2) is 83.9 Å². The van der Waals surface area contributed by atoms with Crippen molar-refractivity contribution >= 4 is 17.3 Å². The molecule has 0 radical (unpaired) electrons. The van der Waals surface area contributed by atoms with Gasteiger partial charge in [0.05, 0.1) is 24.5 Å². The molecule has 2 aliphatic rings. The molecule has 0 N–H and O–H groups in total. The first-order valence-electron chi connectivity index (χ1n) is 8.89. The molecule has 4 nitrogen and oxygen atoms in total. The van der Waals surface area contributed by atoms with Gasteiger partial charge < -0.3 is 14.5 Å². The molecule has 0 spiro atoms. The summed E-state index contributed by atoms with van der Waals surface area (Å²) < 4.78 is 5.88. The fourth-order valence-corrected chi connectivity index (χ4v) is 3.55. The van der Waals surface area contributed by atoms with Crippen LogP contribution < -0.4 is 14.5 Å². The minimum absolute atomic E-state index is 0.804. The van der Waals surface area contributed by atoms with Crippen LogP contribution in [0.3, 0.4) is 0 Å². The molecule has 3 aromatic carbocycles. The Morgan fingerprint density at radius 3 is 2.27 bits per heavy atom. The van der Waals surface area contributed by atoms with Crippen molar-refractivity contribution in [3.63, 3.8) is 0 Å². The number of para-hydroxylation sites is 3. The first kappa shape index (κ1) is 15.0. The molecule has 26 heavy (non-hydrogen) atoms. The largest absolute Gasteiger partial charge is 0.457 e. The van der Waals surface area contributed by atoms with E-state index in [1.165, 1.54) is 16.9 Å². The number of anilines is 2. The lowest BCUT2D eigenvalue weighted by atomic mass is 10.2. The fraction of sp³-hybridized carbons (Fsp3) is 0.136. The van der Waals surface area contributed by atoms with Crippen molar-refractivity contribution in [2.75, 3.05) is 22.9 Å². The minimum atomic E-state index is 0.804. The molecule has 0 unspecified atom stereocenters. The zero-order valence-corrected chi connectivity index (χ0v) is 14.4. The Balaban J connectivity index is 1.37. The predicted octanol–water partition coefficient (Wildman–Crippen LogP) is 4.68. The summed E-state index contributed by atoms with van der Waals surface area (Å²) in [7, 11) is 0. The molecule has 0 atom stereocenters. The second kappa shape index (κ2) is 6.23. The monoisotopic (exact) mass is 341 g/mol. The van der Waals surface area contributed by atoms with E-state index < -0.39 is 0 Å². The molecule has 2 heterocycles. The van der Waals surface area contributed by atoms with Crippen molar-refractivity contribution < 1.29 is 4.74 Å². The molecule has 0 aliphatic carbocycles. The molecular weight excluding hydrogens is 322 g/mol. The number of benzene rings is 3. The maximum atomic E-state index is 5.88. The zero-order chi connectivity index (χ0) is 17.3. The van der Waals surface area contributed by atoms with Crippen molar-refractivity contribution in [1.82, 2.24) is 0 Å². The third kappa shape index (κ3) is 2.60. The number of nitrogens with zero attached hydrogens (tertiary/aromatic N) is 3. The number of hydrogen-bond acceptors (Lipinski definition) is 4. The summed E-state index contributed by atoms with van der Waals surface area (Å²) in [6, 6.07) is 26.7. The van der Waals surface area contributed by atoms with Gasteiger partial charge in [0.2, 0.25) is 5.96 Å². The van der Waals surface area contributed by atoms with E-state index in [0.717, 1.165) is 37.1 Å². The van der Waals surface area contributed by atoms with E-state index in [0.29, 0.717) is 0 Å². The van der Waals surface area contributed by atoms with Crippen LogP contribution in [0, 0.1) is 0 Å². The van der Waals surface area contributed by atoms with Crippen LogP contribution in [0.25, 0.3) is 0 Å². The first-order chi connectivity index (χ1) is 12.9. The molecule has 5 rings (SSSR count). The van der Waals surface area contributed by atoms with Crippen molar-refractivity contribution in [1.29, 1.82) is 0 Å². The number of fused-ring (bicyclic) bond motifs is 3. The zero-order valence-electron chi connectivity index (χ0n) is 14.4. The molecule has 0 amide bonds. The maximum absolute atomic E-state index is 5.88. The number of guanidine groups is 1. The Hall–Kier alpha value is -3.27. The average molecular weight is 341 g/mol. The van der Waals surface area contributed by atoms with E-state index in [1.54, 1.807) is 0 Å². The van der Waals surface area contributed by atoms with Gasteiger partial charge in [0.25, 0.3) is 0 Å². The molecule has 3 aromatic rings. The molecule has 2 aliphatic heterocycles. The Kier molecular flexibility index (Phi) is 3.60. The van der Waals surface area contributed by atoms with Crippen LogP contribution >= 0.6 is 0 Å². The van der Waals surface area contributed by atoms with Gasteiger partial charge in [-0.2, -0.15) is 0 Å². The van der Waals surface area contributed by atoms with E-state index in [2.05, 4.69) is 46.2 Å². The van der Waals surface area contributed by atoms with Crippen LogP contribution in [0.1, 0.15) is 5.56 Å². The molecule has 0 aromatic heterocycles. The molecule has 0 bridgehead atoms. The highest BCUT2D eigenvalue weighted by Crippen LogP contribution is 2.39. The number of ether oxygens (including phenoxy) is 1. The van der Waals surface area contributed by atoms with Crippen LogP contribution in [0.4, 0.5) is 11.4 Å². The Morgan fingerprint density at radius 1 is 0.769 bits per heavy atom. The molecule has 4 heteroatoms. The lowest BCUT2D eigenvalue weighted by molar-refractivity contribution is 0.482. The Labute approximate surface area is 153 Å². The summed E-state index contributed by atoms with van der Waals surface area (Å²) in [5.74, 6) is 2.77. The van der Waals surface area contributed by atoms with Gasteiger partial charge in [0, 0.05) is 6.54 Å². The standard InChI is InChI=1S/C22H19N3O/c1-2-6-18(7-3-1)26-19-12-10-17(11-13-19)16-25-21-9-5-4-8-20(21)24-15-14-23-22(24)25/h1-13H,14-16H2. The maximum Gasteiger partial charge on any atom is 0.206 e. The van der Waals surface area contributed by atoms with E-state index in [4.69, 9.17) is 9.73 Å². The van der Waals surface area contributed by atoms with Gasteiger partial charge in [0.15, 0.2) is 0 Å². The van der Waals surface area contributed by atoms with Crippen LogP contribution in [-0.4, -0.2) is 19.0 Å². The quantitative estimate of drug-likeness (QED) is 0.690. The van der Waals surface area contributed by atoms with Gasteiger partial charge in [-0.15, -0.1) is 0 Å². The topological polar surface area (TPSA) is 28.1 Å². The lowest BCUT2D eigenvalue weighted by Gasteiger charge is -2.19. The summed E-state index contributed by atoms with van der Waals surface area (Å²) in [5, 5.41) is 0. The highest BCUT2D eigenvalue weighted by atomic mass is 16.5. The minimum Gasteiger partial charge on any atom is -0.457 e. The SMILES string of the molecule is c1ccc(Oc2ccc(CN3C4=NCCN4c4ccccc43)cc2)cc1. The van der Waals surface area contributed by atoms with Gasteiger partial charge in [-0.3, -0.25) is 4.99 Å². The van der Waals surface area contributed by atoms with E-state index in [-0.39, 0.29) is 0 Å². The van der Waals surface area contributed by atoms with Crippen LogP contribution in [0.2, 0.25) is 0 Å². The van der Waals surface area contributed by atoms with Crippen molar-refractivity contribution in [2.24, 2.45) is 4.99 Å². The highest BCUT2D eigenvalue weighted by Gasteiger charge is 2.34. The molecule has 0 saturated carbocycles. The second-order valence-corrected chi connectivity index (χ2v) is 6.47. The number of aliphatic imine (C=N–C) groups is 1. The summed E-state index contributed by atoms with van der Waals surface area (Å²) in [6.07, 6.45) is 0. The number of rotatable bonds is 4. The first-order valence-corrected chi connectivity index (χ1v) is 8.89. The molecule has 128 valence electrons. The second-order valence-electron chi connectivity index (χ2n) is 6.47. The average Bonchev–Trinajstić information content (AvgIpc) is 3.27. The van der Waals surface area contributed by atoms with E-state index in [9.17, 15) is 0 Å². The lowest BCUT2D eigenvalue weighted by Crippen LogP contribution is -2.34. The van der Waals surface area contributed by atoms with Gasteiger partial charge in [-0.05, 0) is 42.0 Å². The smallest absolute Gasteiger partial charge is 0.206 e. The van der Waals surface area contributed by atoms with Crippen LogP contribution in [-0.2, 0) is 6.54 Å². The van der Waals surface area contributed by atoms with Crippen molar-refractivity contribution in [3.05, 3.63) is 84.4 Å². The summed E-state index contributed by atoms with van der Waals surface area (Å²) in [4.78, 5) is 9.32. The molecule has 0 saturated heterocycles. The normalized spacial score (nSPS) is 14.8. The number of hydrogen-bond donors (Lipinski definition) is 0. The van der Waals surface area contributed by atoms with Crippen molar-refractivity contribution in [2.45, 2.75) is 6.54 Å². The predicted molar refractivity (Wildman–Crippen MR) is 105 cm³/mol. The van der Waals surface area contributed by atoms with Crippen molar-refractivity contribution in [3.8, 4) is 11.5 Å². The van der Waals surface area contributed by atoms with Gasteiger partial charge in [-0.25, -0.2) is 0 Å². The molecule has 0 fully saturated rings. The third-order valence-corrected chi connectivity index (χ3v) is 4.77.